The fourth-order valence-corrected chi connectivity index (χ4v) is 2.88. The van der Waals surface area contributed by atoms with Gasteiger partial charge in [0, 0.05) is 46.9 Å². The number of hydrogen-bond acceptors (Lipinski definition) is 5. The van der Waals surface area contributed by atoms with Gasteiger partial charge in [-0.2, -0.15) is 0 Å². The predicted octanol–water partition coefficient (Wildman–Crippen LogP) is 0.702. The van der Waals surface area contributed by atoms with Crippen molar-refractivity contribution in [3.63, 3.8) is 0 Å². The van der Waals surface area contributed by atoms with Crippen LogP contribution in [-0.2, 0) is 11.8 Å². The standard InChI is InChI=1S/C16H22N4O2/c1-18-15(21)13-5-3-4-6-14(13)17-16(18)20-9-7-19(8-10-20)11-12-22-2/h3-6H,7-12H2,1-2H3. The first kappa shape index (κ1) is 15.0. The molecule has 0 aliphatic carbocycles. The number of fused-ring (bicyclic) bond motifs is 1. The molecule has 1 aromatic carbocycles. The largest absolute Gasteiger partial charge is 0.383 e. The van der Waals surface area contributed by atoms with Crippen molar-refractivity contribution in [1.29, 1.82) is 0 Å². The summed E-state index contributed by atoms with van der Waals surface area (Å²) in [7, 11) is 3.53. The minimum atomic E-state index is 0.0161. The van der Waals surface area contributed by atoms with Crippen LogP contribution >= 0.6 is 0 Å². The molecule has 22 heavy (non-hydrogen) atoms. The number of para-hydroxylation sites is 1. The number of nitrogens with zero attached hydrogens (tertiary/aromatic N) is 4. The van der Waals surface area contributed by atoms with Crippen molar-refractivity contribution in [2.24, 2.45) is 7.05 Å². The van der Waals surface area contributed by atoms with E-state index in [9.17, 15) is 4.79 Å². The van der Waals surface area contributed by atoms with E-state index in [0.29, 0.717) is 5.39 Å². The molecule has 2 heterocycles. The molecule has 0 N–H and O–H groups in total. The molecule has 0 spiro atoms. The number of anilines is 1. The van der Waals surface area contributed by atoms with Gasteiger partial charge in [0.15, 0.2) is 0 Å². The van der Waals surface area contributed by atoms with Crippen molar-refractivity contribution < 1.29 is 4.74 Å². The van der Waals surface area contributed by atoms with E-state index in [1.54, 1.807) is 18.7 Å². The number of methoxy groups -OCH3 is 1. The predicted molar refractivity (Wildman–Crippen MR) is 87.5 cm³/mol. The summed E-state index contributed by atoms with van der Waals surface area (Å²) in [5, 5.41) is 0.674. The van der Waals surface area contributed by atoms with Crippen molar-refractivity contribution in [3.8, 4) is 0 Å². The molecule has 0 atom stereocenters. The molecular weight excluding hydrogens is 280 g/mol. The Balaban J connectivity index is 1.83. The number of ether oxygens (including phenoxy) is 1. The summed E-state index contributed by atoms with van der Waals surface area (Å²) in [5.41, 5.74) is 0.782. The molecule has 0 unspecified atom stereocenters. The van der Waals surface area contributed by atoms with Crippen LogP contribution in [0.15, 0.2) is 29.1 Å². The van der Waals surface area contributed by atoms with Crippen LogP contribution in [-0.4, -0.2) is 60.9 Å². The second-order valence-corrected chi connectivity index (χ2v) is 5.61. The van der Waals surface area contributed by atoms with Crippen LogP contribution in [0, 0.1) is 0 Å². The third-order valence-electron chi connectivity index (χ3n) is 4.23. The fraction of sp³-hybridized carbons (Fsp3) is 0.500. The zero-order valence-corrected chi connectivity index (χ0v) is 13.2. The highest BCUT2D eigenvalue weighted by Crippen LogP contribution is 2.15. The number of piperazine rings is 1. The molecule has 3 rings (SSSR count). The van der Waals surface area contributed by atoms with E-state index in [2.05, 4.69) is 9.80 Å². The van der Waals surface area contributed by atoms with Gasteiger partial charge in [0.2, 0.25) is 5.95 Å². The van der Waals surface area contributed by atoms with E-state index in [-0.39, 0.29) is 5.56 Å². The lowest BCUT2D eigenvalue weighted by atomic mass is 10.2. The van der Waals surface area contributed by atoms with Crippen LogP contribution in [0.2, 0.25) is 0 Å². The molecule has 0 radical (unpaired) electrons. The van der Waals surface area contributed by atoms with E-state index >= 15 is 0 Å². The maximum atomic E-state index is 12.5. The summed E-state index contributed by atoms with van der Waals surface area (Å²) in [5.74, 6) is 0.759. The van der Waals surface area contributed by atoms with Crippen LogP contribution in [0.25, 0.3) is 10.9 Å². The molecule has 6 heteroatoms. The highest BCUT2D eigenvalue weighted by molar-refractivity contribution is 5.78. The Morgan fingerprint density at radius 3 is 2.64 bits per heavy atom. The molecule has 1 aliphatic rings. The molecule has 0 amide bonds. The van der Waals surface area contributed by atoms with Gasteiger partial charge in [-0.05, 0) is 12.1 Å². The molecule has 1 aliphatic heterocycles. The van der Waals surface area contributed by atoms with Gasteiger partial charge in [-0.15, -0.1) is 0 Å². The van der Waals surface area contributed by atoms with Gasteiger partial charge in [-0.25, -0.2) is 4.98 Å². The lowest BCUT2D eigenvalue weighted by Crippen LogP contribution is -2.48. The van der Waals surface area contributed by atoms with Gasteiger partial charge in [0.25, 0.3) is 5.56 Å². The third kappa shape index (κ3) is 2.84. The van der Waals surface area contributed by atoms with E-state index in [0.717, 1.165) is 50.8 Å². The molecule has 1 aromatic heterocycles. The number of rotatable bonds is 4. The topological polar surface area (TPSA) is 50.6 Å². The lowest BCUT2D eigenvalue weighted by Gasteiger charge is -2.35. The first-order valence-corrected chi connectivity index (χ1v) is 7.62. The van der Waals surface area contributed by atoms with Crippen molar-refractivity contribution in [1.82, 2.24) is 14.5 Å². The molecule has 2 aromatic rings. The van der Waals surface area contributed by atoms with Gasteiger partial charge < -0.3 is 9.64 Å². The van der Waals surface area contributed by atoms with E-state index in [1.165, 1.54) is 0 Å². The van der Waals surface area contributed by atoms with Crippen molar-refractivity contribution in [2.45, 2.75) is 0 Å². The molecule has 118 valence electrons. The van der Waals surface area contributed by atoms with E-state index in [4.69, 9.17) is 9.72 Å². The molecular formula is C16H22N4O2. The van der Waals surface area contributed by atoms with Gasteiger partial charge in [-0.1, -0.05) is 12.1 Å². The van der Waals surface area contributed by atoms with Gasteiger partial charge in [0.05, 0.1) is 17.5 Å². The maximum absolute atomic E-state index is 12.5. The summed E-state index contributed by atoms with van der Waals surface area (Å²) in [6.45, 7) is 5.39. The van der Waals surface area contributed by atoms with Crippen molar-refractivity contribution in [2.75, 3.05) is 51.3 Å². The zero-order valence-electron chi connectivity index (χ0n) is 13.2. The fourth-order valence-electron chi connectivity index (χ4n) is 2.88. The second-order valence-electron chi connectivity index (χ2n) is 5.61. The Morgan fingerprint density at radius 2 is 1.91 bits per heavy atom. The number of aromatic nitrogens is 2. The zero-order chi connectivity index (χ0) is 15.5. The Bertz CT molecular complexity index is 705. The van der Waals surface area contributed by atoms with Gasteiger partial charge >= 0.3 is 0 Å². The maximum Gasteiger partial charge on any atom is 0.262 e. The number of benzene rings is 1. The molecule has 1 fully saturated rings. The normalized spacial score (nSPS) is 16.4. The van der Waals surface area contributed by atoms with Crippen LogP contribution in [0.4, 0.5) is 5.95 Å². The van der Waals surface area contributed by atoms with Gasteiger partial charge in [-0.3, -0.25) is 14.3 Å². The Kier molecular flexibility index (Phi) is 4.40. The SMILES string of the molecule is COCCN1CCN(c2nc3ccccc3c(=O)n2C)CC1. The summed E-state index contributed by atoms with van der Waals surface area (Å²) in [6.07, 6.45) is 0. The quantitative estimate of drug-likeness (QED) is 0.832. The summed E-state index contributed by atoms with van der Waals surface area (Å²) in [4.78, 5) is 21.7. The summed E-state index contributed by atoms with van der Waals surface area (Å²) >= 11 is 0. The van der Waals surface area contributed by atoms with E-state index < -0.39 is 0 Å². The van der Waals surface area contributed by atoms with Crippen LogP contribution in [0.1, 0.15) is 0 Å². The van der Waals surface area contributed by atoms with Crippen molar-refractivity contribution >= 4 is 16.9 Å². The first-order chi connectivity index (χ1) is 10.7. The average molecular weight is 302 g/mol. The van der Waals surface area contributed by atoms with Crippen LogP contribution in [0.5, 0.6) is 0 Å². The van der Waals surface area contributed by atoms with Crippen LogP contribution < -0.4 is 10.5 Å². The highest BCUT2D eigenvalue weighted by Gasteiger charge is 2.20. The average Bonchev–Trinajstić information content (AvgIpc) is 2.57. The van der Waals surface area contributed by atoms with Crippen LogP contribution in [0.3, 0.4) is 0 Å². The first-order valence-electron chi connectivity index (χ1n) is 7.62. The smallest absolute Gasteiger partial charge is 0.262 e. The molecule has 0 saturated carbocycles. The number of hydrogen-bond donors (Lipinski definition) is 0. The molecule has 0 bridgehead atoms. The van der Waals surface area contributed by atoms with Crippen molar-refractivity contribution in [3.05, 3.63) is 34.6 Å². The summed E-state index contributed by atoms with van der Waals surface area (Å²) < 4.78 is 6.79. The Morgan fingerprint density at radius 1 is 1.18 bits per heavy atom. The minimum Gasteiger partial charge on any atom is -0.383 e. The molecule has 6 nitrogen and oxygen atoms in total. The second kappa shape index (κ2) is 6.46. The Labute approximate surface area is 129 Å². The molecule has 1 saturated heterocycles. The van der Waals surface area contributed by atoms with Gasteiger partial charge in [0.1, 0.15) is 0 Å². The lowest BCUT2D eigenvalue weighted by molar-refractivity contribution is 0.143. The van der Waals surface area contributed by atoms with E-state index in [1.807, 2.05) is 24.3 Å². The minimum absolute atomic E-state index is 0.0161. The monoisotopic (exact) mass is 302 g/mol. The summed E-state index contributed by atoms with van der Waals surface area (Å²) in [6, 6.07) is 7.52. The Hall–Kier alpha value is -1.92. The highest BCUT2D eigenvalue weighted by atomic mass is 16.5. The third-order valence-corrected chi connectivity index (χ3v) is 4.23.